The topological polar surface area (TPSA) is 117 Å². The number of rotatable bonds is 10. The van der Waals surface area contributed by atoms with Crippen LogP contribution in [0.15, 0.2) is 18.2 Å². The Morgan fingerprint density at radius 3 is 2.58 bits per heavy atom. The Morgan fingerprint density at radius 1 is 1.31 bits per heavy atom. The van der Waals surface area contributed by atoms with Gasteiger partial charge in [-0.1, -0.05) is 13.3 Å². The van der Waals surface area contributed by atoms with Crippen molar-refractivity contribution in [2.45, 2.75) is 45.8 Å². The van der Waals surface area contributed by atoms with Gasteiger partial charge in [0.05, 0.1) is 12.0 Å². The molecule has 0 aliphatic rings. The summed E-state index contributed by atoms with van der Waals surface area (Å²) in [7, 11) is 1.29. The molecule has 0 fully saturated rings. The summed E-state index contributed by atoms with van der Waals surface area (Å²) in [6.07, 6.45) is 0.816. The van der Waals surface area contributed by atoms with E-state index in [0.717, 1.165) is 12.8 Å². The van der Waals surface area contributed by atoms with E-state index in [1.807, 2.05) is 13.8 Å². The van der Waals surface area contributed by atoms with Gasteiger partial charge in [-0.25, -0.2) is 4.79 Å². The van der Waals surface area contributed by atoms with Crippen molar-refractivity contribution in [1.82, 2.24) is 5.32 Å². The summed E-state index contributed by atoms with van der Waals surface area (Å²) in [5, 5.41) is 13.6. The number of nitrogens with zero attached hydrogens (tertiary/aromatic N) is 1. The third kappa shape index (κ3) is 6.58. The number of amides is 1. The fraction of sp³-hybridized carbons (Fsp3) is 0.529. The van der Waals surface area contributed by atoms with Crippen LogP contribution in [0.4, 0.5) is 5.69 Å². The fourth-order valence-corrected chi connectivity index (χ4v) is 2.19. The first-order valence-electron chi connectivity index (χ1n) is 8.23. The zero-order valence-electron chi connectivity index (χ0n) is 15.3. The number of hydrogen-bond acceptors (Lipinski definition) is 7. The first kappa shape index (κ1) is 21.2. The van der Waals surface area contributed by atoms with Crippen molar-refractivity contribution >= 4 is 17.6 Å². The minimum Gasteiger partial charge on any atom is -0.490 e. The predicted molar refractivity (Wildman–Crippen MR) is 93.2 cm³/mol. The molecule has 0 spiro atoms. The molecule has 144 valence electrons. The maximum absolute atomic E-state index is 11.9. The van der Waals surface area contributed by atoms with Crippen molar-refractivity contribution in [2.75, 3.05) is 13.7 Å². The van der Waals surface area contributed by atoms with Gasteiger partial charge in [-0.05, 0) is 26.3 Å². The highest BCUT2D eigenvalue weighted by atomic mass is 16.6. The lowest BCUT2D eigenvalue weighted by atomic mass is 10.2. The minimum absolute atomic E-state index is 0.00234. The zero-order valence-corrected chi connectivity index (χ0v) is 15.3. The molecule has 1 amide bonds. The van der Waals surface area contributed by atoms with Gasteiger partial charge >= 0.3 is 11.7 Å². The van der Waals surface area contributed by atoms with Gasteiger partial charge in [-0.2, -0.15) is 0 Å². The van der Waals surface area contributed by atoms with E-state index in [2.05, 4.69) is 5.32 Å². The molecular weight excluding hydrogens is 344 g/mol. The van der Waals surface area contributed by atoms with E-state index in [-0.39, 0.29) is 29.1 Å². The van der Waals surface area contributed by atoms with E-state index < -0.39 is 23.6 Å². The highest BCUT2D eigenvalue weighted by Gasteiger charge is 2.20. The third-order valence-corrected chi connectivity index (χ3v) is 3.49. The van der Waals surface area contributed by atoms with Crippen LogP contribution in [-0.4, -0.2) is 42.7 Å². The highest BCUT2D eigenvalue weighted by molar-refractivity contribution is 5.83. The van der Waals surface area contributed by atoms with Crippen molar-refractivity contribution in [3.8, 4) is 11.5 Å². The maximum atomic E-state index is 11.9. The number of carbonyl (C=O) groups is 2. The number of ether oxygens (including phenoxy) is 3. The summed E-state index contributed by atoms with van der Waals surface area (Å²) in [5.41, 5.74) is -0.214. The van der Waals surface area contributed by atoms with Gasteiger partial charge in [-0.15, -0.1) is 0 Å². The summed E-state index contributed by atoms with van der Waals surface area (Å²) in [4.78, 5) is 34.0. The lowest BCUT2D eigenvalue weighted by Gasteiger charge is -2.17. The van der Waals surface area contributed by atoms with Gasteiger partial charge < -0.3 is 19.5 Å². The molecule has 0 aliphatic heterocycles. The summed E-state index contributed by atoms with van der Waals surface area (Å²) < 4.78 is 15.2. The van der Waals surface area contributed by atoms with Gasteiger partial charge in [0.2, 0.25) is 5.75 Å². The number of nitro benzene ring substituents is 1. The Bertz CT molecular complexity index is 648. The molecule has 0 aromatic heterocycles. The van der Waals surface area contributed by atoms with Crippen molar-refractivity contribution in [1.29, 1.82) is 0 Å². The van der Waals surface area contributed by atoms with Gasteiger partial charge in [0.15, 0.2) is 12.7 Å². The number of esters is 1. The normalized spacial score (nSPS) is 12.6. The van der Waals surface area contributed by atoms with Crippen molar-refractivity contribution in [3.63, 3.8) is 0 Å². The van der Waals surface area contributed by atoms with Crippen molar-refractivity contribution < 1.29 is 28.7 Å². The van der Waals surface area contributed by atoms with E-state index >= 15 is 0 Å². The van der Waals surface area contributed by atoms with Gasteiger partial charge in [0.1, 0.15) is 5.75 Å². The summed E-state index contributed by atoms with van der Waals surface area (Å²) in [6, 6.07) is 3.85. The monoisotopic (exact) mass is 368 g/mol. The van der Waals surface area contributed by atoms with Gasteiger partial charge in [0.25, 0.3) is 5.91 Å². The number of nitro groups is 1. The van der Waals surface area contributed by atoms with Crippen LogP contribution in [0.5, 0.6) is 11.5 Å². The summed E-state index contributed by atoms with van der Waals surface area (Å²) >= 11 is 0. The Hall–Kier alpha value is -2.84. The molecule has 0 aliphatic carbocycles. The molecule has 9 heteroatoms. The molecule has 0 heterocycles. The summed E-state index contributed by atoms with van der Waals surface area (Å²) in [5.74, 6) is -0.888. The largest absolute Gasteiger partial charge is 0.490 e. The Balaban J connectivity index is 2.53. The average Bonchev–Trinajstić information content (AvgIpc) is 2.59. The first-order valence-corrected chi connectivity index (χ1v) is 8.23. The van der Waals surface area contributed by atoms with Crippen molar-refractivity contribution in [3.05, 3.63) is 28.3 Å². The van der Waals surface area contributed by atoms with Crippen LogP contribution in [0.3, 0.4) is 0 Å². The molecule has 1 aromatic carbocycles. The number of carbonyl (C=O) groups excluding carboxylic acids is 2. The van der Waals surface area contributed by atoms with Gasteiger partial charge in [-0.3, -0.25) is 14.9 Å². The molecule has 1 rings (SSSR count). The zero-order chi connectivity index (χ0) is 19.7. The number of hydrogen-bond donors (Lipinski definition) is 1. The maximum Gasteiger partial charge on any atom is 0.344 e. The lowest BCUT2D eigenvalue weighted by molar-refractivity contribution is -0.385. The van der Waals surface area contributed by atoms with Crippen LogP contribution in [0.25, 0.3) is 0 Å². The molecule has 1 aromatic rings. The lowest BCUT2D eigenvalue weighted by Crippen LogP contribution is -2.41. The molecule has 9 nitrogen and oxygen atoms in total. The predicted octanol–water partition coefficient (Wildman–Crippen LogP) is 2.22. The quantitative estimate of drug-likeness (QED) is 0.382. The number of benzene rings is 1. The molecule has 0 radical (unpaired) electrons. The Labute approximate surface area is 151 Å². The fourth-order valence-electron chi connectivity index (χ4n) is 2.19. The van der Waals surface area contributed by atoms with Crippen LogP contribution < -0.4 is 14.8 Å². The highest BCUT2D eigenvalue weighted by Crippen LogP contribution is 2.30. The van der Waals surface area contributed by atoms with E-state index in [0.29, 0.717) is 0 Å². The van der Waals surface area contributed by atoms with Crippen LogP contribution in [0.2, 0.25) is 0 Å². The molecule has 0 saturated carbocycles. The van der Waals surface area contributed by atoms with Crippen LogP contribution in [-0.2, 0) is 14.3 Å². The van der Waals surface area contributed by atoms with E-state index in [9.17, 15) is 19.7 Å². The van der Waals surface area contributed by atoms with Crippen LogP contribution in [0.1, 0.15) is 33.6 Å². The molecule has 26 heavy (non-hydrogen) atoms. The second-order valence-corrected chi connectivity index (χ2v) is 5.71. The smallest absolute Gasteiger partial charge is 0.344 e. The van der Waals surface area contributed by atoms with Crippen LogP contribution in [0, 0.1) is 10.1 Å². The van der Waals surface area contributed by atoms with E-state index in [1.165, 1.54) is 32.2 Å². The molecule has 0 bridgehead atoms. The van der Waals surface area contributed by atoms with E-state index in [1.54, 1.807) is 0 Å². The number of nitrogens with one attached hydrogen (secondary N) is 1. The molecule has 2 unspecified atom stereocenters. The molecule has 0 saturated heterocycles. The average molecular weight is 368 g/mol. The molecule has 2 atom stereocenters. The Kier molecular flexibility index (Phi) is 8.33. The van der Waals surface area contributed by atoms with E-state index in [4.69, 9.17) is 14.2 Å². The number of methoxy groups -OCH3 is 1. The standard InChI is InChI=1S/C17H24N2O7/c1-5-6-11(2)18-17(21)12(3)26-16(20)10-25-13-7-8-14(19(22)23)15(9-13)24-4/h7-9,11-12H,5-6,10H2,1-4H3,(H,18,21). The van der Waals surface area contributed by atoms with Crippen molar-refractivity contribution in [2.24, 2.45) is 0 Å². The molecule has 1 N–H and O–H groups in total. The minimum atomic E-state index is -0.947. The Morgan fingerprint density at radius 2 is 2.00 bits per heavy atom. The SMILES string of the molecule is CCCC(C)NC(=O)C(C)OC(=O)COc1ccc([N+](=O)[O-])c(OC)c1. The summed E-state index contributed by atoms with van der Waals surface area (Å²) in [6.45, 7) is 4.92. The second-order valence-electron chi connectivity index (χ2n) is 5.71. The van der Waals surface area contributed by atoms with Gasteiger partial charge in [0, 0.05) is 18.2 Å². The first-order chi connectivity index (χ1) is 12.3. The molecular formula is C17H24N2O7. The van der Waals surface area contributed by atoms with Crippen LogP contribution >= 0.6 is 0 Å². The second kappa shape index (κ2) is 10.2. The third-order valence-electron chi connectivity index (χ3n) is 3.49.